The molecule has 5 nitrogen and oxygen atoms in total. The van der Waals surface area contributed by atoms with Crippen molar-refractivity contribution >= 4 is 34.1 Å². The van der Waals surface area contributed by atoms with Crippen molar-refractivity contribution in [2.75, 3.05) is 0 Å². The van der Waals surface area contributed by atoms with Gasteiger partial charge in [-0.15, -0.1) is 0 Å². The third kappa shape index (κ3) is 3.60. The Morgan fingerprint density at radius 3 is 2.75 bits per heavy atom. The summed E-state index contributed by atoms with van der Waals surface area (Å²) in [6, 6.07) is 13.0. The number of rotatable bonds is 4. The average molecular weight is 407 g/mol. The lowest BCUT2D eigenvalue weighted by atomic mass is 10.2. The lowest BCUT2D eigenvalue weighted by Crippen LogP contribution is -2.24. The summed E-state index contributed by atoms with van der Waals surface area (Å²) in [5.74, 6) is -0.293. The molecule has 2 aromatic carbocycles. The van der Waals surface area contributed by atoms with E-state index >= 15 is 0 Å². The van der Waals surface area contributed by atoms with Crippen LogP contribution >= 0.6 is 28.1 Å². The first-order valence-corrected chi connectivity index (χ1v) is 8.21. The minimum Gasteiger partial charge on any atom is -0.345 e. The Morgan fingerprint density at radius 2 is 2.04 bits per heavy atom. The highest BCUT2D eigenvalue weighted by molar-refractivity contribution is 9.10. The van der Waals surface area contributed by atoms with Crippen molar-refractivity contribution in [3.63, 3.8) is 0 Å². The Balaban J connectivity index is 1.80. The third-order valence-corrected chi connectivity index (χ3v) is 4.12. The van der Waals surface area contributed by atoms with Crippen LogP contribution in [-0.2, 0) is 6.54 Å². The summed E-state index contributed by atoms with van der Waals surface area (Å²) in [5, 5.41) is 9.57. The molecule has 122 valence electrons. The highest BCUT2D eigenvalue weighted by Crippen LogP contribution is 2.16. The zero-order valence-electron chi connectivity index (χ0n) is 12.3. The van der Waals surface area contributed by atoms with Gasteiger partial charge in [0.05, 0.1) is 6.54 Å². The van der Waals surface area contributed by atoms with Gasteiger partial charge in [-0.25, -0.2) is 4.39 Å². The monoisotopic (exact) mass is 406 g/mol. The minimum absolute atomic E-state index is 0.151. The number of hydrogen-bond donors (Lipinski definition) is 2. The predicted molar refractivity (Wildman–Crippen MR) is 94.0 cm³/mol. The zero-order valence-corrected chi connectivity index (χ0v) is 14.7. The number of halogens is 2. The van der Waals surface area contributed by atoms with Crippen LogP contribution in [0.2, 0.25) is 0 Å². The fourth-order valence-corrected chi connectivity index (χ4v) is 2.72. The topological polar surface area (TPSA) is 62.7 Å². The van der Waals surface area contributed by atoms with E-state index in [1.807, 2.05) is 24.3 Å². The summed E-state index contributed by atoms with van der Waals surface area (Å²) < 4.78 is 16.3. The Morgan fingerprint density at radius 1 is 1.29 bits per heavy atom. The van der Waals surface area contributed by atoms with E-state index in [0.29, 0.717) is 10.6 Å². The highest BCUT2D eigenvalue weighted by Gasteiger charge is 2.11. The first-order valence-electron chi connectivity index (χ1n) is 7.00. The number of carbonyl (C=O) groups is 1. The normalized spacial score (nSPS) is 10.6. The molecule has 8 heteroatoms. The van der Waals surface area contributed by atoms with Crippen LogP contribution in [0.5, 0.6) is 0 Å². The number of aromatic amines is 1. The SMILES string of the molecule is O=C(NCc1n[nH]c(=S)n1-c1ccc(Br)cc1)c1cccc(F)c1. The largest absolute Gasteiger partial charge is 0.345 e. The van der Waals surface area contributed by atoms with Crippen LogP contribution in [-0.4, -0.2) is 20.7 Å². The molecule has 2 N–H and O–H groups in total. The molecular weight excluding hydrogens is 395 g/mol. The quantitative estimate of drug-likeness (QED) is 0.648. The number of nitrogens with zero attached hydrogens (tertiary/aromatic N) is 2. The number of H-pyrrole nitrogens is 1. The average Bonchev–Trinajstić information content (AvgIpc) is 2.94. The van der Waals surface area contributed by atoms with E-state index in [9.17, 15) is 9.18 Å². The van der Waals surface area contributed by atoms with E-state index in [1.165, 1.54) is 18.2 Å². The Hall–Kier alpha value is -2.32. The molecule has 3 rings (SSSR count). The number of carbonyl (C=O) groups excluding carboxylic acids is 1. The van der Waals surface area contributed by atoms with E-state index < -0.39 is 5.82 Å². The lowest BCUT2D eigenvalue weighted by molar-refractivity contribution is 0.0949. The van der Waals surface area contributed by atoms with Gasteiger partial charge in [0.25, 0.3) is 5.91 Å². The molecule has 1 heterocycles. The van der Waals surface area contributed by atoms with E-state index in [2.05, 4.69) is 31.4 Å². The zero-order chi connectivity index (χ0) is 17.1. The van der Waals surface area contributed by atoms with Gasteiger partial charge < -0.3 is 5.32 Å². The van der Waals surface area contributed by atoms with Crippen LogP contribution in [0.15, 0.2) is 53.0 Å². The van der Waals surface area contributed by atoms with Crippen molar-refractivity contribution in [1.82, 2.24) is 20.1 Å². The van der Waals surface area contributed by atoms with Crippen molar-refractivity contribution in [1.29, 1.82) is 0 Å². The van der Waals surface area contributed by atoms with Crippen molar-refractivity contribution in [3.8, 4) is 5.69 Å². The van der Waals surface area contributed by atoms with E-state index in [1.54, 1.807) is 10.6 Å². The summed E-state index contributed by atoms with van der Waals surface area (Å²) in [6.45, 7) is 0.151. The van der Waals surface area contributed by atoms with Gasteiger partial charge in [0.2, 0.25) is 0 Å². The smallest absolute Gasteiger partial charge is 0.251 e. The van der Waals surface area contributed by atoms with E-state index in [4.69, 9.17) is 12.2 Å². The molecule has 0 unspecified atom stereocenters. The van der Waals surface area contributed by atoms with Crippen LogP contribution in [0.25, 0.3) is 5.69 Å². The van der Waals surface area contributed by atoms with Crippen molar-refractivity contribution in [2.24, 2.45) is 0 Å². The number of hydrogen-bond acceptors (Lipinski definition) is 3. The van der Waals surface area contributed by atoms with E-state index in [-0.39, 0.29) is 18.0 Å². The number of benzene rings is 2. The predicted octanol–water partition coefficient (Wildman–Crippen LogP) is 3.76. The number of nitrogens with one attached hydrogen (secondary N) is 2. The van der Waals surface area contributed by atoms with Crippen LogP contribution < -0.4 is 5.32 Å². The fourth-order valence-electron chi connectivity index (χ4n) is 2.20. The summed E-state index contributed by atoms with van der Waals surface area (Å²) in [7, 11) is 0. The highest BCUT2D eigenvalue weighted by atomic mass is 79.9. The van der Waals surface area contributed by atoms with Gasteiger partial charge in [-0.05, 0) is 54.7 Å². The molecule has 0 spiro atoms. The van der Waals surface area contributed by atoms with Crippen LogP contribution in [0, 0.1) is 10.6 Å². The maximum absolute atomic E-state index is 13.2. The molecule has 0 aliphatic rings. The number of amides is 1. The maximum atomic E-state index is 13.2. The second-order valence-corrected chi connectivity index (χ2v) is 6.25. The first kappa shape index (κ1) is 16.5. The van der Waals surface area contributed by atoms with Gasteiger partial charge in [-0.3, -0.25) is 14.5 Å². The molecule has 24 heavy (non-hydrogen) atoms. The molecule has 0 aliphatic carbocycles. The second-order valence-electron chi connectivity index (χ2n) is 4.95. The molecule has 0 aliphatic heterocycles. The van der Waals surface area contributed by atoms with Crippen LogP contribution in [0.3, 0.4) is 0 Å². The summed E-state index contributed by atoms with van der Waals surface area (Å²) in [4.78, 5) is 12.1. The third-order valence-electron chi connectivity index (χ3n) is 3.32. The molecule has 0 fully saturated rings. The van der Waals surface area contributed by atoms with Gasteiger partial charge in [0, 0.05) is 15.7 Å². The lowest BCUT2D eigenvalue weighted by Gasteiger charge is -2.08. The molecule has 0 saturated heterocycles. The first-order chi connectivity index (χ1) is 11.5. The minimum atomic E-state index is -0.458. The fraction of sp³-hybridized carbons (Fsp3) is 0.0625. The molecular formula is C16H12BrFN4OS. The van der Waals surface area contributed by atoms with Crippen molar-refractivity contribution < 1.29 is 9.18 Å². The van der Waals surface area contributed by atoms with Gasteiger partial charge in [0.1, 0.15) is 5.82 Å². The standard InChI is InChI=1S/C16H12BrFN4OS/c17-11-4-6-13(7-5-11)22-14(20-21-16(22)24)9-19-15(23)10-2-1-3-12(18)8-10/h1-8H,9H2,(H,19,23)(H,21,24). The van der Waals surface area contributed by atoms with Crippen molar-refractivity contribution in [2.45, 2.75) is 6.54 Å². The molecule has 0 radical (unpaired) electrons. The molecule has 0 atom stereocenters. The maximum Gasteiger partial charge on any atom is 0.251 e. The summed E-state index contributed by atoms with van der Waals surface area (Å²) in [5.41, 5.74) is 1.08. The Labute approximate surface area is 150 Å². The summed E-state index contributed by atoms with van der Waals surface area (Å²) >= 11 is 8.63. The van der Waals surface area contributed by atoms with Crippen LogP contribution in [0.4, 0.5) is 4.39 Å². The van der Waals surface area contributed by atoms with Gasteiger partial charge in [-0.2, -0.15) is 5.10 Å². The Kier molecular flexibility index (Phi) is 4.86. The molecule has 1 aromatic heterocycles. The molecule has 3 aromatic rings. The summed E-state index contributed by atoms with van der Waals surface area (Å²) in [6.07, 6.45) is 0. The van der Waals surface area contributed by atoms with Gasteiger partial charge in [-0.1, -0.05) is 22.0 Å². The van der Waals surface area contributed by atoms with E-state index in [0.717, 1.165) is 10.2 Å². The Bertz CT molecular complexity index is 936. The van der Waals surface area contributed by atoms with Crippen LogP contribution in [0.1, 0.15) is 16.2 Å². The van der Waals surface area contributed by atoms with Gasteiger partial charge in [0.15, 0.2) is 10.6 Å². The van der Waals surface area contributed by atoms with Gasteiger partial charge >= 0.3 is 0 Å². The van der Waals surface area contributed by atoms with Crippen molar-refractivity contribution in [3.05, 3.63) is 75.0 Å². The number of aromatic nitrogens is 3. The molecule has 0 bridgehead atoms. The second kappa shape index (κ2) is 7.06. The molecule has 0 saturated carbocycles. The molecule has 1 amide bonds.